The average Bonchev–Trinajstić information content (AvgIpc) is 3.01. The molecule has 0 aliphatic heterocycles. The van der Waals surface area contributed by atoms with Gasteiger partial charge in [-0.05, 0) is 39.5 Å². The van der Waals surface area contributed by atoms with Crippen molar-refractivity contribution in [3.8, 4) is 0 Å². The van der Waals surface area contributed by atoms with Crippen molar-refractivity contribution in [1.82, 2.24) is 10.3 Å². The molecule has 1 atom stereocenters. The van der Waals surface area contributed by atoms with E-state index in [1.165, 1.54) is 41.3 Å². The summed E-state index contributed by atoms with van der Waals surface area (Å²) in [5.74, 6) is 0.703. The van der Waals surface area contributed by atoms with Gasteiger partial charge >= 0.3 is 0 Å². The SMILES string of the molecule is COCCNC(C)(c1nc(C)c(C)s1)C1CCCC1. The molecule has 0 aromatic carbocycles. The summed E-state index contributed by atoms with van der Waals surface area (Å²) in [6.45, 7) is 8.25. The average molecular weight is 282 g/mol. The van der Waals surface area contributed by atoms with Crippen LogP contribution in [0.3, 0.4) is 0 Å². The highest BCUT2D eigenvalue weighted by atomic mass is 32.1. The summed E-state index contributed by atoms with van der Waals surface area (Å²) >= 11 is 1.85. The van der Waals surface area contributed by atoms with Crippen molar-refractivity contribution >= 4 is 11.3 Å². The van der Waals surface area contributed by atoms with Gasteiger partial charge in [-0.15, -0.1) is 11.3 Å². The molecular formula is C15H26N2OS. The fourth-order valence-corrected chi connectivity index (χ4v) is 4.12. The number of ether oxygens (including phenoxy) is 1. The Morgan fingerprint density at radius 3 is 2.58 bits per heavy atom. The van der Waals surface area contributed by atoms with Crippen LogP contribution < -0.4 is 5.32 Å². The molecule has 108 valence electrons. The van der Waals surface area contributed by atoms with Crippen LogP contribution in [0.15, 0.2) is 0 Å². The van der Waals surface area contributed by atoms with Gasteiger partial charge in [0, 0.05) is 18.5 Å². The molecule has 1 N–H and O–H groups in total. The van der Waals surface area contributed by atoms with Crippen LogP contribution in [0.5, 0.6) is 0 Å². The highest BCUT2D eigenvalue weighted by Gasteiger charge is 2.39. The minimum atomic E-state index is 0.0126. The summed E-state index contributed by atoms with van der Waals surface area (Å²) in [5, 5.41) is 4.97. The highest BCUT2D eigenvalue weighted by Crippen LogP contribution is 2.42. The molecule has 19 heavy (non-hydrogen) atoms. The molecule has 0 radical (unpaired) electrons. The predicted octanol–water partition coefficient (Wildman–Crippen LogP) is 3.40. The van der Waals surface area contributed by atoms with Crippen LogP contribution in [0.1, 0.15) is 48.2 Å². The molecule has 0 amide bonds. The molecule has 1 aromatic rings. The molecule has 1 saturated carbocycles. The zero-order valence-electron chi connectivity index (χ0n) is 12.6. The predicted molar refractivity (Wildman–Crippen MR) is 80.8 cm³/mol. The molecular weight excluding hydrogens is 256 g/mol. The number of hydrogen-bond donors (Lipinski definition) is 1. The van der Waals surface area contributed by atoms with Crippen molar-refractivity contribution in [1.29, 1.82) is 0 Å². The molecule has 1 fully saturated rings. The molecule has 0 spiro atoms. The number of nitrogens with zero attached hydrogens (tertiary/aromatic N) is 1. The van der Waals surface area contributed by atoms with Gasteiger partial charge in [0.15, 0.2) is 0 Å². The molecule has 2 rings (SSSR count). The fourth-order valence-electron chi connectivity index (χ4n) is 3.01. The third-order valence-corrected chi connectivity index (χ3v) is 5.75. The van der Waals surface area contributed by atoms with Gasteiger partial charge in [-0.3, -0.25) is 0 Å². The van der Waals surface area contributed by atoms with Gasteiger partial charge in [-0.25, -0.2) is 4.98 Å². The van der Waals surface area contributed by atoms with Crippen LogP contribution in [-0.4, -0.2) is 25.2 Å². The summed E-state index contributed by atoms with van der Waals surface area (Å²) in [7, 11) is 1.76. The number of thiazole rings is 1. The van der Waals surface area contributed by atoms with Gasteiger partial charge < -0.3 is 10.1 Å². The van der Waals surface area contributed by atoms with Crippen molar-refractivity contribution in [3.05, 3.63) is 15.6 Å². The number of aryl methyl sites for hydroxylation is 2. The first-order chi connectivity index (χ1) is 9.08. The van der Waals surface area contributed by atoms with E-state index in [1.54, 1.807) is 7.11 Å². The van der Waals surface area contributed by atoms with Crippen molar-refractivity contribution in [2.24, 2.45) is 5.92 Å². The summed E-state index contributed by atoms with van der Waals surface area (Å²) in [4.78, 5) is 6.16. The van der Waals surface area contributed by atoms with E-state index in [0.717, 1.165) is 13.2 Å². The second kappa shape index (κ2) is 6.33. The largest absolute Gasteiger partial charge is 0.383 e. The Bertz CT molecular complexity index is 393. The van der Waals surface area contributed by atoms with Crippen molar-refractivity contribution in [2.45, 2.75) is 52.0 Å². The van der Waals surface area contributed by atoms with Crippen LogP contribution in [0.2, 0.25) is 0 Å². The number of rotatable bonds is 6. The quantitative estimate of drug-likeness (QED) is 0.812. The van der Waals surface area contributed by atoms with Crippen molar-refractivity contribution in [2.75, 3.05) is 20.3 Å². The topological polar surface area (TPSA) is 34.1 Å². The highest BCUT2D eigenvalue weighted by molar-refractivity contribution is 7.11. The van der Waals surface area contributed by atoms with Gasteiger partial charge in [0.1, 0.15) is 5.01 Å². The van der Waals surface area contributed by atoms with Gasteiger partial charge in [0.25, 0.3) is 0 Å². The van der Waals surface area contributed by atoms with Gasteiger partial charge in [0.2, 0.25) is 0 Å². The van der Waals surface area contributed by atoms with Crippen LogP contribution in [0.4, 0.5) is 0 Å². The standard InChI is InChI=1S/C15H26N2OS/c1-11-12(2)19-14(17-11)15(3,16-9-10-18-4)13-7-5-6-8-13/h13,16H,5-10H2,1-4H3. The molecule has 1 aromatic heterocycles. The summed E-state index contributed by atoms with van der Waals surface area (Å²) in [5.41, 5.74) is 1.19. The van der Waals surface area contributed by atoms with Gasteiger partial charge in [-0.1, -0.05) is 12.8 Å². The van der Waals surface area contributed by atoms with Gasteiger partial charge in [0.05, 0.1) is 17.8 Å². The van der Waals surface area contributed by atoms with E-state index in [1.807, 2.05) is 11.3 Å². The first-order valence-electron chi connectivity index (χ1n) is 7.26. The minimum absolute atomic E-state index is 0.0126. The summed E-state index contributed by atoms with van der Waals surface area (Å²) < 4.78 is 5.19. The van der Waals surface area contributed by atoms with Crippen LogP contribution >= 0.6 is 11.3 Å². The Hall–Kier alpha value is -0.450. The van der Waals surface area contributed by atoms with E-state index >= 15 is 0 Å². The Labute approximate surface area is 120 Å². The van der Waals surface area contributed by atoms with E-state index < -0.39 is 0 Å². The van der Waals surface area contributed by atoms with E-state index in [-0.39, 0.29) is 5.54 Å². The van der Waals surface area contributed by atoms with Crippen molar-refractivity contribution < 1.29 is 4.74 Å². The number of aromatic nitrogens is 1. The Morgan fingerprint density at radius 2 is 2.05 bits per heavy atom. The van der Waals surface area contributed by atoms with Crippen molar-refractivity contribution in [3.63, 3.8) is 0 Å². The molecule has 0 saturated heterocycles. The smallest absolute Gasteiger partial charge is 0.113 e. The second-order valence-electron chi connectivity index (χ2n) is 5.76. The Balaban J connectivity index is 2.21. The van der Waals surface area contributed by atoms with Gasteiger partial charge in [-0.2, -0.15) is 0 Å². The maximum Gasteiger partial charge on any atom is 0.113 e. The zero-order chi connectivity index (χ0) is 13.9. The lowest BCUT2D eigenvalue weighted by atomic mass is 9.84. The maximum atomic E-state index is 5.19. The van der Waals surface area contributed by atoms with Crippen LogP contribution in [0.25, 0.3) is 0 Å². The molecule has 0 bridgehead atoms. The third-order valence-electron chi connectivity index (χ3n) is 4.44. The van der Waals surface area contributed by atoms with E-state index in [9.17, 15) is 0 Å². The molecule has 1 heterocycles. The third kappa shape index (κ3) is 3.18. The normalized spacial score (nSPS) is 19.8. The van der Waals surface area contributed by atoms with E-state index in [4.69, 9.17) is 9.72 Å². The number of methoxy groups -OCH3 is 1. The monoisotopic (exact) mass is 282 g/mol. The molecule has 1 aliphatic rings. The lowest BCUT2D eigenvalue weighted by Crippen LogP contribution is -2.46. The van der Waals surface area contributed by atoms with Crippen LogP contribution in [0, 0.1) is 19.8 Å². The Kier molecular flexibility index (Phi) is 4.98. The first-order valence-corrected chi connectivity index (χ1v) is 8.08. The first kappa shape index (κ1) is 14.9. The lowest BCUT2D eigenvalue weighted by Gasteiger charge is -2.35. The van der Waals surface area contributed by atoms with Crippen LogP contribution in [-0.2, 0) is 10.3 Å². The maximum absolute atomic E-state index is 5.19. The molecule has 1 unspecified atom stereocenters. The molecule has 3 nitrogen and oxygen atoms in total. The minimum Gasteiger partial charge on any atom is -0.383 e. The fraction of sp³-hybridized carbons (Fsp3) is 0.800. The molecule has 4 heteroatoms. The molecule has 1 aliphatic carbocycles. The summed E-state index contributed by atoms with van der Waals surface area (Å²) in [6.07, 6.45) is 5.34. The number of hydrogen-bond acceptors (Lipinski definition) is 4. The van der Waals surface area contributed by atoms with E-state index in [2.05, 4.69) is 26.1 Å². The Morgan fingerprint density at radius 1 is 1.37 bits per heavy atom. The number of nitrogens with one attached hydrogen (secondary N) is 1. The lowest BCUT2D eigenvalue weighted by molar-refractivity contribution is 0.166. The zero-order valence-corrected chi connectivity index (χ0v) is 13.4. The second-order valence-corrected chi connectivity index (χ2v) is 6.97. The van der Waals surface area contributed by atoms with E-state index in [0.29, 0.717) is 5.92 Å². The summed E-state index contributed by atoms with van der Waals surface area (Å²) in [6, 6.07) is 0.